The Morgan fingerprint density at radius 2 is 1.55 bits per heavy atom. The summed E-state index contributed by atoms with van der Waals surface area (Å²) in [7, 11) is 0. The highest BCUT2D eigenvalue weighted by atomic mass is 16.5. The van der Waals surface area contributed by atoms with Crippen LogP contribution in [0.3, 0.4) is 0 Å². The van der Waals surface area contributed by atoms with Crippen LogP contribution in [-0.2, 0) is 4.74 Å². The van der Waals surface area contributed by atoms with E-state index < -0.39 is 0 Å². The van der Waals surface area contributed by atoms with Crippen LogP contribution >= 0.6 is 0 Å². The third-order valence-corrected chi connectivity index (χ3v) is 3.77. The van der Waals surface area contributed by atoms with Crippen LogP contribution < -0.4 is 0 Å². The molecular weight excluding hydrogens is 274 g/mol. The van der Waals surface area contributed by atoms with Crippen molar-refractivity contribution in [3.05, 3.63) is 77.9 Å². The van der Waals surface area contributed by atoms with Crippen molar-refractivity contribution in [2.45, 2.75) is 0 Å². The molecule has 0 aromatic heterocycles. The van der Waals surface area contributed by atoms with Gasteiger partial charge in [-0.3, -0.25) is 4.90 Å². The maximum Gasteiger partial charge on any atom is 0.338 e. The second-order valence-electron chi connectivity index (χ2n) is 5.40. The first-order valence-corrected chi connectivity index (χ1v) is 7.48. The second kappa shape index (κ2) is 6.58. The van der Waals surface area contributed by atoms with Gasteiger partial charge in [0.1, 0.15) is 6.61 Å². The molecule has 22 heavy (non-hydrogen) atoms. The van der Waals surface area contributed by atoms with Crippen molar-refractivity contribution < 1.29 is 9.53 Å². The number of carbonyl (C=O) groups is 1. The monoisotopic (exact) mass is 293 g/mol. The number of hydrogen-bond acceptors (Lipinski definition) is 3. The van der Waals surface area contributed by atoms with Crippen LogP contribution in [0.5, 0.6) is 0 Å². The zero-order valence-corrected chi connectivity index (χ0v) is 12.5. The highest BCUT2D eigenvalue weighted by Gasteiger charge is 2.17. The molecule has 3 heteroatoms. The Kier molecular flexibility index (Phi) is 4.35. The number of rotatable bonds is 6. The maximum atomic E-state index is 11.9. The summed E-state index contributed by atoms with van der Waals surface area (Å²) in [6, 6.07) is 17.4. The van der Waals surface area contributed by atoms with Gasteiger partial charge in [-0.15, -0.1) is 0 Å². The second-order valence-corrected chi connectivity index (χ2v) is 5.40. The van der Waals surface area contributed by atoms with Crippen molar-refractivity contribution in [2.75, 3.05) is 26.2 Å². The maximum absolute atomic E-state index is 11.9. The fourth-order valence-corrected chi connectivity index (χ4v) is 2.26. The Bertz CT molecular complexity index is 658. The van der Waals surface area contributed by atoms with Gasteiger partial charge in [-0.1, -0.05) is 49.0 Å². The average molecular weight is 293 g/mol. The van der Waals surface area contributed by atoms with Gasteiger partial charge in [0.15, 0.2) is 0 Å². The Morgan fingerprint density at radius 3 is 2.18 bits per heavy atom. The number of esters is 1. The van der Waals surface area contributed by atoms with Crippen LogP contribution in [-0.4, -0.2) is 37.1 Å². The van der Waals surface area contributed by atoms with E-state index in [2.05, 4.69) is 11.5 Å². The van der Waals surface area contributed by atoms with Gasteiger partial charge >= 0.3 is 5.97 Å². The largest absolute Gasteiger partial charge is 0.461 e. The van der Waals surface area contributed by atoms with Crippen molar-refractivity contribution in [2.24, 2.45) is 0 Å². The molecule has 1 saturated heterocycles. The summed E-state index contributed by atoms with van der Waals surface area (Å²) in [6.07, 6.45) is 0. The minimum absolute atomic E-state index is 0.265. The fourth-order valence-electron chi connectivity index (χ4n) is 2.26. The molecule has 3 nitrogen and oxygen atoms in total. The smallest absolute Gasteiger partial charge is 0.338 e. The lowest BCUT2D eigenvalue weighted by Gasteiger charge is -2.08. The quantitative estimate of drug-likeness (QED) is 0.605. The minimum Gasteiger partial charge on any atom is -0.461 e. The van der Waals surface area contributed by atoms with Crippen LogP contribution in [0.1, 0.15) is 21.5 Å². The summed E-state index contributed by atoms with van der Waals surface area (Å²) in [5, 5.41) is 0. The van der Waals surface area contributed by atoms with Crippen LogP contribution in [0, 0.1) is 0 Å². The van der Waals surface area contributed by atoms with Crippen molar-refractivity contribution in [1.82, 2.24) is 4.90 Å². The Labute approximate surface area is 130 Å². The highest BCUT2D eigenvalue weighted by molar-refractivity contribution is 5.90. The average Bonchev–Trinajstić information content (AvgIpc) is 3.39. The number of benzene rings is 2. The zero-order valence-electron chi connectivity index (χ0n) is 12.5. The standard InChI is InChI=1S/C19H19NO2/c1-15(16-5-3-2-4-6-16)17-7-9-18(10-8-17)19(21)22-14-13-20-11-12-20/h2-10H,1,11-14H2. The first-order chi connectivity index (χ1) is 10.7. The molecule has 0 radical (unpaired) electrons. The van der Waals surface area contributed by atoms with E-state index in [1.54, 1.807) is 12.1 Å². The molecule has 0 bridgehead atoms. The molecule has 1 aliphatic rings. The van der Waals surface area contributed by atoms with Crippen molar-refractivity contribution in [1.29, 1.82) is 0 Å². The van der Waals surface area contributed by atoms with Crippen molar-refractivity contribution in [3.8, 4) is 0 Å². The van der Waals surface area contributed by atoms with Crippen LogP contribution in [0.2, 0.25) is 0 Å². The molecule has 1 fully saturated rings. The molecule has 0 N–H and O–H groups in total. The SMILES string of the molecule is C=C(c1ccccc1)c1ccc(C(=O)OCCN2CC2)cc1. The Balaban J connectivity index is 1.61. The van der Waals surface area contributed by atoms with Gasteiger partial charge in [-0.2, -0.15) is 0 Å². The van der Waals surface area contributed by atoms with Gasteiger partial charge in [0.25, 0.3) is 0 Å². The molecule has 0 atom stereocenters. The first-order valence-electron chi connectivity index (χ1n) is 7.48. The third kappa shape index (κ3) is 3.62. The van der Waals surface area contributed by atoms with E-state index in [0.29, 0.717) is 12.2 Å². The van der Waals surface area contributed by atoms with E-state index in [-0.39, 0.29) is 5.97 Å². The molecule has 2 aromatic carbocycles. The van der Waals surface area contributed by atoms with Gasteiger partial charge in [-0.25, -0.2) is 4.79 Å². The fraction of sp³-hybridized carbons (Fsp3) is 0.211. The molecule has 0 amide bonds. The zero-order chi connectivity index (χ0) is 15.4. The first kappa shape index (κ1) is 14.5. The molecule has 112 valence electrons. The summed E-state index contributed by atoms with van der Waals surface area (Å²) in [6.45, 7) is 7.65. The lowest BCUT2D eigenvalue weighted by Crippen LogP contribution is -2.13. The van der Waals surface area contributed by atoms with E-state index in [1.807, 2.05) is 42.5 Å². The molecule has 0 spiro atoms. The molecule has 1 aliphatic heterocycles. The molecule has 1 heterocycles. The van der Waals surface area contributed by atoms with E-state index in [4.69, 9.17) is 4.74 Å². The predicted octanol–water partition coefficient (Wildman–Crippen LogP) is 3.22. The van der Waals surface area contributed by atoms with Gasteiger partial charge in [0.2, 0.25) is 0 Å². The van der Waals surface area contributed by atoms with Crippen LogP contribution in [0.25, 0.3) is 5.57 Å². The lowest BCUT2D eigenvalue weighted by atomic mass is 9.99. The van der Waals surface area contributed by atoms with Gasteiger partial charge in [0.05, 0.1) is 5.56 Å². The van der Waals surface area contributed by atoms with Gasteiger partial charge < -0.3 is 4.74 Å². The van der Waals surface area contributed by atoms with Gasteiger partial charge in [0, 0.05) is 19.6 Å². The lowest BCUT2D eigenvalue weighted by molar-refractivity contribution is 0.0495. The molecule has 2 aromatic rings. The topological polar surface area (TPSA) is 29.3 Å². The van der Waals surface area contributed by atoms with E-state index >= 15 is 0 Å². The highest BCUT2D eigenvalue weighted by Crippen LogP contribution is 2.21. The van der Waals surface area contributed by atoms with E-state index in [0.717, 1.165) is 36.3 Å². The van der Waals surface area contributed by atoms with Crippen LogP contribution in [0.4, 0.5) is 0 Å². The Hall–Kier alpha value is -2.39. The van der Waals surface area contributed by atoms with Crippen LogP contribution in [0.15, 0.2) is 61.2 Å². The molecule has 0 aliphatic carbocycles. The molecule has 0 unspecified atom stereocenters. The summed E-state index contributed by atoms with van der Waals surface area (Å²) in [4.78, 5) is 14.2. The molecule has 3 rings (SSSR count). The summed E-state index contributed by atoms with van der Waals surface area (Å²) in [5.41, 5.74) is 3.61. The number of ether oxygens (including phenoxy) is 1. The van der Waals surface area contributed by atoms with Crippen molar-refractivity contribution in [3.63, 3.8) is 0 Å². The summed E-state index contributed by atoms with van der Waals surface area (Å²) < 4.78 is 5.26. The minimum atomic E-state index is -0.265. The third-order valence-electron chi connectivity index (χ3n) is 3.77. The summed E-state index contributed by atoms with van der Waals surface area (Å²) >= 11 is 0. The summed E-state index contributed by atoms with van der Waals surface area (Å²) in [5.74, 6) is -0.265. The number of carbonyl (C=O) groups excluding carboxylic acids is 1. The number of hydrogen-bond donors (Lipinski definition) is 0. The van der Waals surface area contributed by atoms with E-state index in [9.17, 15) is 4.79 Å². The normalized spacial score (nSPS) is 13.6. The number of nitrogens with zero attached hydrogens (tertiary/aromatic N) is 1. The van der Waals surface area contributed by atoms with Crippen molar-refractivity contribution >= 4 is 11.5 Å². The molecule has 0 saturated carbocycles. The molecular formula is C19H19NO2. The predicted molar refractivity (Wildman–Crippen MR) is 87.7 cm³/mol. The van der Waals surface area contributed by atoms with Gasteiger partial charge in [-0.05, 0) is 28.8 Å². The Morgan fingerprint density at radius 1 is 0.955 bits per heavy atom. The van der Waals surface area contributed by atoms with E-state index in [1.165, 1.54) is 0 Å².